The molecule has 0 amide bonds. The zero-order valence-electron chi connectivity index (χ0n) is 9.45. The largest absolute Gasteiger partial charge is 0.268 e. The fourth-order valence-electron chi connectivity index (χ4n) is 1.76. The molecule has 2 aromatic heterocycles. The Bertz CT molecular complexity index is 695. The zero-order chi connectivity index (χ0) is 12.4. The summed E-state index contributed by atoms with van der Waals surface area (Å²) in [5.41, 5.74) is 2.24. The molecule has 0 bridgehead atoms. The lowest BCUT2D eigenvalue weighted by atomic mass is 10.2. The van der Waals surface area contributed by atoms with Crippen LogP contribution in [0.5, 0.6) is 0 Å². The normalized spacial score (nSPS) is 10.4. The molecule has 0 unspecified atom stereocenters. The van der Waals surface area contributed by atoms with Gasteiger partial charge in [-0.15, -0.1) is 0 Å². The Labute approximate surface area is 103 Å². The zero-order valence-corrected chi connectivity index (χ0v) is 9.45. The number of nitrogens with one attached hydrogen (secondary N) is 1. The van der Waals surface area contributed by atoms with E-state index in [1.54, 1.807) is 16.9 Å². The molecule has 0 aliphatic carbocycles. The summed E-state index contributed by atoms with van der Waals surface area (Å²) in [7, 11) is 0. The molecule has 0 radical (unpaired) electrons. The minimum absolute atomic E-state index is 0.218. The van der Waals surface area contributed by atoms with Gasteiger partial charge in [0.1, 0.15) is 5.69 Å². The van der Waals surface area contributed by atoms with Gasteiger partial charge in [0.05, 0.1) is 17.6 Å². The third-order valence-corrected chi connectivity index (χ3v) is 2.59. The Balaban J connectivity index is 2.12. The number of hydrogen-bond acceptors (Lipinski definition) is 3. The molecule has 0 saturated heterocycles. The van der Waals surface area contributed by atoms with Gasteiger partial charge >= 0.3 is 0 Å². The van der Waals surface area contributed by atoms with Crippen LogP contribution in [-0.4, -0.2) is 20.0 Å². The molecule has 2 heterocycles. The number of hydrogen-bond donors (Lipinski definition) is 1. The molecule has 88 valence electrons. The van der Waals surface area contributed by atoms with E-state index in [4.69, 9.17) is 0 Å². The van der Waals surface area contributed by atoms with E-state index in [-0.39, 0.29) is 5.56 Å². The van der Waals surface area contributed by atoms with Crippen LogP contribution < -0.4 is 5.56 Å². The molecule has 0 saturated carbocycles. The van der Waals surface area contributed by atoms with E-state index < -0.39 is 0 Å². The maximum Gasteiger partial charge on any atom is 0.264 e. The van der Waals surface area contributed by atoms with Crippen molar-refractivity contribution in [1.82, 2.24) is 20.0 Å². The fourth-order valence-corrected chi connectivity index (χ4v) is 1.76. The summed E-state index contributed by atoms with van der Waals surface area (Å²) in [5, 5.41) is 10.7. The number of benzene rings is 1. The minimum atomic E-state index is -0.218. The summed E-state index contributed by atoms with van der Waals surface area (Å²) in [4.78, 5) is 11.0. The quantitative estimate of drug-likeness (QED) is 0.738. The number of para-hydroxylation sites is 1. The van der Waals surface area contributed by atoms with Crippen molar-refractivity contribution in [3.8, 4) is 17.1 Å². The van der Waals surface area contributed by atoms with Crippen LogP contribution in [0.25, 0.3) is 17.1 Å². The van der Waals surface area contributed by atoms with Crippen molar-refractivity contribution in [2.45, 2.75) is 0 Å². The summed E-state index contributed by atoms with van der Waals surface area (Å²) >= 11 is 0. The molecule has 0 aliphatic rings. The molecule has 0 atom stereocenters. The third kappa shape index (κ3) is 1.82. The van der Waals surface area contributed by atoms with Gasteiger partial charge in [-0.3, -0.25) is 4.79 Å². The van der Waals surface area contributed by atoms with Crippen molar-refractivity contribution in [1.29, 1.82) is 0 Å². The van der Waals surface area contributed by atoms with Crippen molar-refractivity contribution in [3.05, 3.63) is 65.1 Å². The lowest BCUT2D eigenvalue weighted by molar-refractivity contribution is 0.875. The second kappa shape index (κ2) is 4.29. The summed E-state index contributed by atoms with van der Waals surface area (Å²) in [6.07, 6.45) is 1.70. The van der Waals surface area contributed by atoms with Gasteiger partial charge in [0.15, 0.2) is 0 Å². The minimum Gasteiger partial charge on any atom is -0.268 e. The van der Waals surface area contributed by atoms with Crippen molar-refractivity contribution in [3.63, 3.8) is 0 Å². The fraction of sp³-hybridized carbons (Fsp3) is 0. The van der Waals surface area contributed by atoms with E-state index >= 15 is 0 Å². The van der Waals surface area contributed by atoms with Crippen LogP contribution in [0, 0.1) is 0 Å². The van der Waals surface area contributed by atoms with Crippen molar-refractivity contribution in [2.75, 3.05) is 0 Å². The maximum absolute atomic E-state index is 11.0. The van der Waals surface area contributed by atoms with E-state index in [1.165, 1.54) is 6.07 Å². The number of aromatic amines is 1. The van der Waals surface area contributed by atoms with Gasteiger partial charge in [0, 0.05) is 6.07 Å². The van der Waals surface area contributed by atoms with Crippen molar-refractivity contribution < 1.29 is 0 Å². The molecular weight excluding hydrogens is 228 g/mol. The highest BCUT2D eigenvalue weighted by Gasteiger charge is 2.08. The highest BCUT2D eigenvalue weighted by Crippen LogP contribution is 2.18. The van der Waals surface area contributed by atoms with E-state index in [2.05, 4.69) is 15.3 Å². The van der Waals surface area contributed by atoms with Crippen LogP contribution >= 0.6 is 0 Å². The maximum atomic E-state index is 11.0. The smallest absolute Gasteiger partial charge is 0.264 e. The van der Waals surface area contributed by atoms with Gasteiger partial charge in [0.25, 0.3) is 5.56 Å². The van der Waals surface area contributed by atoms with Gasteiger partial charge < -0.3 is 0 Å². The van der Waals surface area contributed by atoms with Gasteiger partial charge in [-0.1, -0.05) is 18.2 Å². The van der Waals surface area contributed by atoms with Crippen molar-refractivity contribution >= 4 is 0 Å². The van der Waals surface area contributed by atoms with Crippen LogP contribution in [-0.2, 0) is 0 Å². The molecule has 3 aromatic rings. The number of H-pyrrole nitrogens is 1. The Morgan fingerprint density at radius 1 is 1.00 bits per heavy atom. The monoisotopic (exact) mass is 238 g/mol. The molecule has 0 aliphatic heterocycles. The molecule has 5 heteroatoms. The molecule has 1 aromatic carbocycles. The highest BCUT2D eigenvalue weighted by atomic mass is 16.1. The number of aromatic nitrogens is 4. The van der Waals surface area contributed by atoms with Gasteiger partial charge in [-0.25, -0.2) is 9.78 Å². The first kappa shape index (κ1) is 10.5. The Hall–Kier alpha value is -2.69. The molecule has 3 rings (SSSR count). The molecule has 18 heavy (non-hydrogen) atoms. The summed E-state index contributed by atoms with van der Waals surface area (Å²) in [6.45, 7) is 0. The summed E-state index contributed by atoms with van der Waals surface area (Å²) < 4.78 is 1.78. The Morgan fingerprint density at radius 2 is 1.83 bits per heavy atom. The standard InChI is InChI=1S/C13H10N4O/c18-13-7-6-11(15-16-13)12-8-9-14-17(12)10-4-2-1-3-5-10/h1-9H,(H,16,18). The van der Waals surface area contributed by atoms with Crippen LogP contribution in [0.2, 0.25) is 0 Å². The molecule has 5 nitrogen and oxygen atoms in total. The predicted octanol–water partition coefficient (Wildman–Crippen LogP) is 1.62. The van der Waals surface area contributed by atoms with Gasteiger partial charge in [0.2, 0.25) is 0 Å². The predicted molar refractivity (Wildman–Crippen MR) is 67.4 cm³/mol. The molecule has 1 N–H and O–H groups in total. The lowest BCUT2D eigenvalue weighted by Crippen LogP contribution is -2.07. The first-order chi connectivity index (χ1) is 8.84. The Morgan fingerprint density at radius 3 is 2.56 bits per heavy atom. The van der Waals surface area contributed by atoms with Crippen molar-refractivity contribution in [2.24, 2.45) is 0 Å². The van der Waals surface area contributed by atoms with E-state index in [0.29, 0.717) is 5.69 Å². The first-order valence-electron chi connectivity index (χ1n) is 5.50. The number of rotatable bonds is 2. The van der Waals surface area contributed by atoms with E-state index in [1.807, 2.05) is 36.4 Å². The van der Waals surface area contributed by atoms with Crippen LogP contribution in [0.3, 0.4) is 0 Å². The first-order valence-corrected chi connectivity index (χ1v) is 5.50. The average molecular weight is 238 g/mol. The lowest BCUT2D eigenvalue weighted by Gasteiger charge is -2.05. The second-order valence-corrected chi connectivity index (χ2v) is 3.77. The van der Waals surface area contributed by atoms with Crippen LogP contribution in [0.4, 0.5) is 0 Å². The molecule has 0 spiro atoms. The van der Waals surface area contributed by atoms with Crippen LogP contribution in [0.15, 0.2) is 59.5 Å². The topological polar surface area (TPSA) is 63.6 Å². The highest BCUT2D eigenvalue weighted by molar-refractivity contribution is 5.56. The Kier molecular flexibility index (Phi) is 2.49. The average Bonchev–Trinajstić information content (AvgIpc) is 2.90. The third-order valence-electron chi connectivity index (χ3n) is 2.59. The van der Waals surface area contributed by atoms with Crippen LogP contribution in [0.1, 0.15) is 0 Å². The van der Waals surface area contributed by atoms with Gasteiger partial charge in [-0.2, -0.15) is 10.2 Å². The summed E-state index contributed by atoms with van der Waals surface area (Å²) in [5.74, 6) is 0. The molecule has 0 fully saturated rings. The van der Waals surface area contributed by atoms with E-state index in [0.717, 1.165) is 11.4 Å². The number of nitrogens with zero attached hydrogens (tertiary/aromatic N) is 3. The van der Waals surface area contributed by atoms with Gasteiger partial charge in [-0.05, 0) is 24.3 Å². The SMILES string of the molecule is O=c1ccc(-c2ccnn2-c2ccccc2)n[nH]1. The summed E-state index contributed by atoms with van der Waals surface area (Å²) in [6, 6.07) is 14.7. The molecular formula is C13H10N4O. The van der Waals surface area contributed by atoms with E-state index in [9.17, 15) is 4.79 Å². The second-order valence-electron chi connectivity index (χ2n) is 3.77.